The van der Waals surface area contributed by atoms with Crippen molar-refractivity contribution in [3.8, 4) is 0 Å². The van der Waals surface area contributed by atoms with Gasteiger partial charge in [0.25, 0.3) is 5.91 Å². The number of pyridine rings is 1. The summed E-state index contributed by atoms with van der Waals surface area (Å²) in [5, 5.41) is 14.4. The fraction of sp³-hybridized carbons (Fsp3) is 0.630. The average Bonchev–Trinajstić information content (AvgIpc) is 3.33. The Morgan fingerprint density at radius 2 is 1.72 bits per heavy atom. The van der Waals surface area contributed by atoms with Crippen molar-refractivity contribution in [3.63, 3.8) is 0 Å². The van der Waals surface area contributed by atoms with Gasteiger partial charge in [0.15, 0.2) is 5.69 Å². The molecule has 0 radical (unpaired) electrons. The van der Waals surface area contributed by atoms with Gasteiger partial charge in [-0.05, 0) is 46.0 Å². The number of aliphatic hydroxyl groups is 1. The topological polar surface area (TPSA) is 97.6 Å². The number of carbonyl (C=O) groups is 2. The SMILES string of the molecule is CCOC(=O)[C@H]1CC[C@H](n2ncc(C(=O)N(CC(O)c3c(Cl)cncc3Cl)CC(C)(C)C(F)(F)F)c2C(F)(F)F)C[C@@H]1C. The van der Waals surface area contributed by atoms with Crippen molar-refractivity contribution in [1.29, 1.82) is 0 Å². The molecular weight excluding hydrogens is 629 g/mol. The van der Waals surface area contributed by atoms with E-state index in [-0.39, 0.29) is 47.4 Å². The highest BCUT2D eigenvalue weighted by molar-refractivity contribution is 6.35. The third kappa shape index (κ3) is 7.75. The lowest BCUT2D eigenvalue weighted by molar-refractivity contribution is -0.215. The smallest absolute Gasteiger partial charge is 0.433 e. The van der Waals surface area contributed by atoms with Gasteiger partial charge in [0.1, 0.15) is 0 Å². The van der Waals surface area contributed by atoms with Gasteiger partial charge in [0.2, 0.25) is 0 Å². The number of aromatic nitrogens is 3. The lowest BCUT2D eigenvalue weighted by Crippen LogP contribution is -2.47. The van der Waals surface area contributed by atoms with E-state index in [0.29, 0.717) is 15.8 Å². The molecule has 1 unspecified atom stereocenters. The van der Waals surface area contributed by atoms with E-state index in [2.05, 4.69) is 10.1 Å². The zero-order valence-electron chi connectivity index (χ0n) is 23.8. The van der Waals surface area contributed by atoms with Crippen molar-refractivity contribution in [2.75, 3.05) is 19.7 Å². The van der Waals surface area contributed by atoms with E-state index in [1.54, 1.807) is 13.8 Å². The molecular formula is C27H32Cl2F6N4O4. The fourth-order valence-corrected chi connectivity index (χ4v) is 5.88. The first-order chi connectivity index (χ1) is 19.8. The summed E-state index contributed by atoms with van der Waals surface area (Å²) in [6.07, 6.45) is -8.39. The van der Waals surface area contributed by atoms with E-state index in [0.717, 1.165) is 26.2 Å². The minimum absolute atomic E-state index is 0.116. The quantitative estimate of drug-likeness (QED) is 0.232. The maximum absolute atomic E-state index is 14.5. The summed E-state index contributed by atoms with van der Waals surface area (Å²) in [5.41, 5.74) is -5.15. The molecule has 0 aliphatic heterocycles. The number of carbonyl (C=O) groups excluding carboxylic acids is 2. The van der Waals surface area contributed by atoms with E-state index >= 15 is 0 Å². The molecule has 0 saturated heterocycles. The standard InChI is InChI=1S/C27H32Cl2F6N4O4/c1-5-43-24(42)16-7-6-15(8-14(16)2)39-22(26(30,31)32)17(9-37-39)23(41)38(13-25(3,4)27(33,34)35)12-20(40)21-18(28)10-36-11-19(21)29/h9-11,14-16,20,40H,5-8,12-13H2,1-4H3/t14-,15-,16-,20?/m0/s1. The van der Waals surface area contributed by atoms with Crippen molar-refractivity contribution < 1.29 is 45.8 Å². The summed E-state index contributed by atoms with van der Waals surface area (Å²) < 4.78 is 90.8. The van der Waals surface area contributed by atoms with Crippen LogP contribution in [0.4, 0.5) is 26.3 Å². The molecule has 240 valence electrons. The molecule has 2 heterocycles. The molecule has 2 aromatic rings. The van der Waals surface area contributed by atoms with E-state index in [9.17, 15) is 41.0 Å². The summed E-state index contributed by atoms with van der Waals surface area (Å²) in [7, 11) is 0. The Balaban J connectivity index is 2.02. The van der Waals surface area contributed by atoms with Crippen molar-refractivity contribution >= 4 is 35.1 Å². The molecule has 1 amide bonds. The highest BCUT2D eigenvalue weighted by atomic mass is 35.5. The highest BCUT2D eigenvalue weighted by Crippen LogP contribution is 2.43. The number of nitrogens with zero attached hydrogens (tertiary/aromatic N) is 4. The highest BCUT2D eigenvalue weighted by Gasteiger charge is 2.50. The number of hydrogen-bond acceptors (Lipinski definition) is 6. The number of ether oxygens (including phenoxy) is 1. The Labute approximate surface area is 254 Å². The lowest BCUT2D eigenvalue weighted by Gasteiger charge is -2.36. The minimum atomic E-state index is -5.12. The lowest BCUT2D eigenvalue weighted by atomic mass is 9.78. The number of aliphatic hydroxyl groups excluding tert-OH is 1. The van der Waals surface area contributed by atoms with Crippen molar-refractivity contribution in [3.05, 3.63) is 45.5 Å². The van der Waals surface area contributed by atoms with Crippen LogP contribution in [0.5, 0.6) is 0 Å². The summed E-state index contributed by atoms with van der Waals surface area (Å²) >= 11 is 12.1. The zero-order chi connectivity index (χ0) is 32.5. The van der Waals surface area contributed by atoms with Gasteiger partial charge < -0.3 is 14.7 Å². The first-order valence-electron chi connectivity index (χ1n) is 13.4. The van der Waals surface area contributed by atoms with Crippen LogP contribution in [0, 0.1) is 17.3 Å². The van der Waals surface area contributed by atoms with Crippen molar-refractivity contribution in [2.45, 2.75) is 71.5 Å². The van der Waals surface area contributed by atoms with Crippen LogP contribution in [0.15, 0.2) is 18.6 Å². The van der Waals surface area contributed by atoms with E-state index in [1.807, 2.05) is 0 Å². The molecule has 0 spiro atoms. The molecule has 1 aliphatic carbocycles. The molecule has 8 nitrogen and oxygen atoms in total. The van der Waals surface area contributed by atoms with Crippen LogP contribution in [0.2, 0.25) is 10.0 Å². The number of esters is 1. The van der Waals surface area contributed by atoms with Crippen LogP contribution in [0.1, 0.15) is 80.7 Å². The molecule has 1 aliphatic rings. The molecule has 2 aromatic heterocycles. The second-order valence-electron chi connectivity index (χ2n) is 11.3. The number of rotatable bonds is 9. The predicted molar refractivity (Wildman–Crippen MR) is 144 cm³/mol. The summed E-state index contributed by atoms with van der Waals surface area (Å²) in [6, 6.07) is -0.848. The van der Waals surface area contributed by atoms with Crippen LogP contribution >= 0.6 is 23.2 Å². The average molecular weight is 661 g/mol. The molecule has 43 heavy (non-hydrogen) atoms. The van der Waals surface area contributed by atoms with E-state index in [4.69, 9.17) is 27.9 Å². The van der Waals surface area contributed by atoms with E-state index in [1.165, 1.54) is 0 Å². The number of hydrogen-bond donors (Lipinski definition) is 1. The summed E-state index contributed by atoms with van der Waals surface area (Å²) in [4.78, 5) is 30.2. The predicted octanol–water partition coefficient (Wildman–Crippen LogP) is 6.91. The molecule has 3 rings (SSSR count). The van der Waals surface area contributed by atoms with Crippen LogP contribution in [0.3, 0.4) is 0 Å². The zero-order valence-corrected chi connectivity index (χ0v) is 25.3. The van der Waals surface area contributed by atoms with Gasteiger partial charge in [-0.1, -0.05) is 30.1 Å². The first-order valence-corrected chi connectivity index (χ1v) is 14.2. The fourth-order valence-electron chi connectivity index (χ4n) is 5.26. The number of halogens is 8. The second kappa shape index (κ2) is 13.2. The van der Waals surface area contributed by atoms with Crippen LogP contribution in [-0.4, -0.2) is 62.5 Å². The van der Waals surface area contributed by atoms with Gasteiger partial charge in [-0.25, -0.2) is 0 Å². The largest absolute Gasteiger partial charge is 0.466 e. The third-order valence-corrected chi connectivity index (χ3v) is 8.23. The summed E-state index contributed by atoms with van der Waals surface area (Å²) in [6.45, 7) is 3.10. The maximum atomic E-state index is 14.5. The maximum Gasteiger partial charge on any atom is 0.433 e. The molecule has 16 heteroatoms. The Morgan fingerprint density at radius 1 is 1.12 bits per heavy atom. The van der Waals surface area contributed by atoms with Gasteiger partial charge >= 0.3 is 18.3 Å². The van der Waals surface area contributed by atoms with Gasteiger partial charge in [0.05, 0.1) is 58.4 Å². The second-order valence-corrected chi connectivity index (χ2v) is 12.1. The number of amides is 1. The molecule has 4 atom stereocenters. The van der Waals surface area contributed by atoms with Crippen LogP contribution in [-0.2, 0) is 15.7 Å². The van der Waals surface area contributed by atoms with Gasteiger partial charge in [0, 0.05) is 24.5 Å². The molecule has 0 aromatic carbocycles. The van der Waals surface area contributed by atoms with E-state index < -0.39 is 72.1 Å². The molecule has 1 saturated carbocycles. The van der Waals surface area contributed by atoms with Crippen molar-refractivity contribution in [2.24, 2.45) is 17.3 Å². The van der Waals surface area contributed by atoms with Crippen molar-refractivity contribution in [1.82, 2.24) is 19.7 Å². The first kappa shape index (κ1) is 34.9. The molecule has 1 N–H and O–H groups in total. The van der Waals surface area contributed by atoms with Crippen LogP contribution < -0.4 is 0 Å². The Hall–Kier alpha value is -2.58. The Bertz CT molecular complexity index is 1300. The van der Waals surface area contributed by atoms with Gasteiger partial charge in [-0.2, -0.15) is 31.4 Å². The normalized spacial score (nSPS) is 20.5. The molecule has 0 bridgehead atoms. The van der Waals surface area contributed by atoms with Crippen LogP contribution in [0.25, 0.3) is 0 Å². The Kier molecular flexibility index (Phi) is 10.7. The minimum Gasteiger partial charge on any atom is -0.466 e. The monoisotopic (exact) mass is 660 g/mol. The molecule has 1 fully saturated rings. The Morgan fingerprint density at radius 3 is 2.23 bits per heavy atom. The van der Waals surface area contributed by atoms with Gasteiger partial charge in [-0.3, -0.25) is 19.3 Å². The van der Waals surface area contributed by atoms with Gasteiger partial charge in [-0.15, -0.1) is 0 Å². The third-order valence-electron chi connectivity index (χ3n) is 7.63. The summed E-state index contributed by atoms with van der Waals surface area (Å²) in [5.74, 6) is -2.76. The number of alkyl halides is 6.